The summed E-state index contributed by atoms with van der Waals surface area (Å²) in [6, 6.07) is 15.0. The number of fused-ring (bicyclic) bond motifs is 3. The van der Waals surface area contributed by atoms with Gasteiger partial charge in [0.15, 0.2) is 0 Å². The molecule has 3 N–H and O–H groups in total. The van der Waals surface area contributed by atoms with E-state index in [1.165, 1.54) is 0 Å². The Morgan fingerprint density at radius 2 is 1.56 bits per heavy atom. The second-order valence-electron chi connectivity index (χ2n) is 9.60. The monoisotopic (exact) mass is 464 g/mol. The smallest absolute Gasteiger partial charge is 0.407 e. The zero-order valence-electron chi connectivity index (χ0n) is 19.6. The van der Waals surface area contributed by atoms with Gasteiger partial charge in [-0.2, -0.15) is 0 Å². The Hall–Kier alpha value is -3.35. The lowest BCUT2D eigenvalue weighted by molar-refractivity contribution is -0.138. The van der Waals surface area contributed by atoms with E-state index < -0.39 is 24.1 Å². The lowest BCUT2D eigenvalue weighted by atomic mass is 9.78. The number of nitrogens with one attached hydrogen (secondary N) is 2. The van der Waals surface area contributed by atoms with Crippen molar-refractivity contribution in [2.75, 3.05) is 6.61 Å². The van der Waals surface area contributed by atoms with E-state index in [0.717, 1.165) is 41.5 Å². The Labute approximate surface area is 199 Å². The topological polar surface area (TPSA) is 105 Å². The molecule has 0 saturated heterocycles. The highest BCUT2D eigenvalue weighted by Crippen LogP contribution is 2.44. The van der Waals surface area contributed by atoms with Crippen LogP contribution >= 0.6 is 0 Å². The van der Waals surface area contributed by atoms with Crippen LogP contribution in [-0.4, -0.2) is 41.8 Å². The van der Waals surface area contributed by atoms with Gasteiger partial charge in [0.1, 0.15) is 12.6 Å². The van der Waals surface area contributed by atoms with Crippen LogP contribution < -0.4 is 10.6 Å². The van der Waals surface area contributed by atoms with E-state index in [2.05, 4.69) is 34.9 Å². The molecule has 7 heteroatoms. The number of carboxylic acid groups (broad SMARTS) is 1. The first-order chi connectivity index (χ1) is 16.3. The van der Waals surface area contributed by atoms with Gasteiger partial charge in [0.05, 0.1) is 6.42 Å². The Bertz CT molecular complexity index is 1020. The summed E-state index contributed by atoms with van der Waals surface area (Å²) in [7, 11) is 0. The minimum absolute atomic E-state index is 0.0666. The van der Waals surface area contributed by atoms with Gasteiger partial charge in [-0.25, -0.2) is 4.79 Å². The Morgan fingerprint density at radius 3 is 2.06 bits per heavy atom. The fraction of sp³-hybridized carbons (Fsp3) is 0.444. The van der Waals surface area contributed by atoms with Gasteiger partial charge < -0.3 is 20.5 Å². The quantitative estimate of drug-likeness (QED) is 0.513. The van der Waals surface area contributed by atoms with E-state index in [0.29, 0.717) is 0 Å². The maximum Gasteiger partial charge on any atom is 0.407 e. The van der Waals surface area contributed by atoms with Crippen molar-refractivity contribution in [2.24, 2.45) is 11.8 Å². The molecular formula is C27H32N2O5. The molecule has 2 amide bonds. The average molecular weight is 465 g/mol. The summed E-state index contributed by atoms with van der Waals surface area (Å²) in [5.41, 5.74) is 4.53. The first-order valence-electron chi connectivity index (χ1n) is 12.0. The maximum absolute atomic E-state index is 13.0. The third kappa shape index (κ3) is 5.08. The number of carboxylic acids is 1. The van der Waals surface area contributed by atoms with Gasteiger partial charge in [-0.1, -0.05) is 68.8 Å². The molecule has 2 aromatic rings. The number of alkyl carbamates (subject to hydrolysis) is 1. The number of carbonyl (C=O) groups excluding carboxylic acids is 2. The van der Waals surface area contributed by atoms with Crippen molar-refractivity contribution in [3.8, 4) is 11.1 Å². The summed E-state index contributed by atoms with van der Waals surface area (Å²) in [4.78, 5) is 36.9. The van der Waals surface area contributed by atoms with Gasteiger partial charge in [-0.15, -0.1) is 0 Å². The average Bonchev–Trinajstić information content (AvgIpc) is 3.08. The summed E-state index contributed by atoms with van der Waals surface area (Å²) in [5.74, 6) is -1.40. The molecule has 0 spiro atoms. The summed E-state index contributed by atoms with van der Waals surface area (Å²) in [6.07, 6.45) is 2.08. The van der Waals surface area contributed by atoms with Gasteiger partial charge in [0.25, 0.3) is 0 Å². The molecule has 2 unspecified atom stereocenters. The fourth-order valence-electron chi connectivity index (χ4n) is 4.94. The normalized spacial score (nSPS) is 16.7. The predicted octanol–water partition coefficient (Wildman–Crippen LogP) is 4.31. The molecule has 180 valence electrons. The van der Waals surface area contributed by atoms with Crippen LogP contribution in [0.5, 0.6) is 0 Å². The summed E-state index contributed by atoms with van der Waals surface area (Å²) in [6.45, 7) is 3.84. The molecule has 1 fully saturated rings. The number of amides is 2. The van der Waals surface area contributed by atoms with E-state index in [9.17, 15) is 19.5 Å². The number of aliphatic carboxylic acids is 1. The van der Waals surface area contributed by atoms with Crippen molar-refractivity contribution >= 4 is 18.0 Å². The van der Waals surface area contributed by atoms with E-state index in [1.807, 2.05) is 38.1 Å². The van der Waals surface area contributed by atoms with Crippen molar-refractivity contribution in [1.29, 1.82) is 0 Å². The van der Waals surface area contributed by atoms with Crippen LogP contribution in [0.25, 0.3) is 11.1 Å². The number of hydrogen-bond donors (Lipinski definition) is 3. The Kier molecular flexibility index (Phi) is 7.20. The second-order valence-corrected chi connectivity index (χ2v) is 9.60. The minimum atomic E-state index is -0.942. The van der Waals surface area contributed by atoms with Gasteiger partial charge in [-0.05, 0) is 46.9 Å². The van der Waals surface area contributed by atoms with E-state index in [4.69, 9.17) is 4.74 Å². The molecule has 0 heterocycles. The number of hydrogen-bond acceptors (Lipinski definition) is 4. The lowest BCUT2D eigenvalue weighted by Crippen LogP contribution is -2.54. The molecule has 2 atom stereocenters. The molecular weight excluding hydrogens is 432 g/mol. The highest BCUT2D eigenvalue weighted by Gasteiger charge is 2.34. The second kappa shape index (κ2) is 10.3. The van der Waals surface area contributed by atoms with Crippen LogP contribution in [0.3, 0.4) is 0 Å². The molecule has 0 bridgehead atoms. The third-order valence-electron chi connectivity index (χ3n) is 7.01. The lowest BCUT2D eigenvalue weighted by Gasteiger charge is -2.34. The fourth-order valence-corrected chi connectivity index (χ4v) is 4.94. The highest BCUT2D eigenvalue weighted by molar-refractivity contribution is 5.86. The molecule has 34 heavy (non-hydrogen) atoms. The summed E-state index contributed by atoms with van der Waals surface area (Å²) < 4.78 is 5.60. The maximum atomic E-state index is 13.0. The number of carbonyl (C=O) groups is 3. The molecule has 0 aliphatic heterocycles. The molecule has 2 aromatic carbocycles. The van der Waals surface area contributed by atoms with Gasteiger partial charge in [0.2, 0.25) is 5.91 Å². The first kappa shape index (κ1) is 23.8. The molecule has 0 radical (unpaired) electrons. The molecule has 2 aliphatic rings. The summed E-state index contributed by atoms with van der Waals surface area (Å²) in [5, 5.41) is 14.8. The molecule has 0 aromatic heterocycles. The summed E-state index contributed by atoms with van der Waals surface area (Å²) >= 11 is 0. The number of rotatable bonds is 9. The van der Waals surface area contributed by atoms with Gasteiger partial charge in [0, 0.05) is 12.0 Å². The van der Waals surface area contributed by atoms with Crippen molar-refractivity contribution in [1.82, 2.24) is 10.6 Å². The standard InChI is InChI=1S/C27H32N2O5/c1-16(2)25(26(32)28-23(14-24(30)31)17-8-7-9-17)29-27(33)34-15-22-20-12-5-3-10-18(20)19-11-4-6-13-21(19)22/h3-6,10-13,16-17,22-23,25H,7-9,14-15H2,1-2H3,(H,28,32)(H,29,33)(H,30,31). The minimum Gasteiger partial charge on any atom is -0.481 e. The van der Waals surface area contributed by atoms with Crippen LogP contribution in [0.4, 0.5) is 4.79 Å². The van der Waals surface area contributed by atoms with Crippen LogP contribution in [0.1, 0.15) is 56.6 Å². The van der Waals surface area contributed by atoms with Crippen molar-refractivity contribution < 1.29 is 24.2 Å². The van der Waals surface area contributed by atoms with E-state index >= 15 is 0 Å². The molecule has 4 rings (SSSR count). The largest absolute Gasteiger partial charge is 0.481 e. The van der Waals surface area contributed by atoms with Crippen molar-refractivity contribution in [3.05, 3.63) is 59.7 Å². The van der Waals surface area contributed by atoms with Crippen LogP contribution in [-0.2, 0) is 14.3 Å². The highest BCUT2D eigenvalue weighted by atomic mass is 16.5. The SMILES string of the molecule is CC(C)C(NC(=O)OCC1c2ccccc2-c2ccccc21)C(=O)NC(CC(=O)O)C1CCC1. The van der Waals surface area contributed by atoms with Gasteiger partial charge >= 0.3 is 12.1 Å². The third-order valence-corrected chi connectivity index (χ3v) is 7.01. The zero-order valence-corrected chi connectivity index (χ0v) is 19.6. The number of ether oxygens (including phenoxy) is 1. The molecule has 7 nitrogen and oxygen atoms in total. The van der Waals surface area contributed by atoms with Crippen LogP contribution in [0.2, 0.25) is 0 Å². The van der Waals surface area contributed by atoms with Crippen LogP contribution in [0, 0.1) is 11.8 Å². The predicted molar refractivity (Wildman–Crippen MR) is 128 cm³/mol. The zero-order chi connectivity index (χ0) is 24.2. The van der Waals surface area contributed by atoms with Gasteiger partial charge in [-0.3, -0.25) is 9.59 Å². The van der Waals surface area contributed by atoms with E-state index in [1.54, 1.807) is 0 Å². The van der Waals surface area contributed by atoms with Crippen molar-refractivity contribution in [3.63, 3.8) is 0 Å². The van der Waals surface area contributed by atoms with E-state index in [-0.39, 0.29) is 36.7 Å². The number of benzene rings is 2. The molecule has 1 saturated carbocycles. The first-order valence-corrected chi connectivity index (χ1v) is 12.0. The Balaban J connectivity index is 1.39. The van der Waals surface area contributed by atoms with Crippen LogP contribution in [0.15, 0.2) is 48.5 Å². The van der Waals surface area contributed by atoms with Crippen molar-refractivity contribution in [2.45, 2.75) is 57.5 Å². The molecule has 2 aliphatic carbocycles. The Morgan fingerprint density at radius 1 is 0.971 bits per heavy atom.